The third-order valence-corrected chi connectivity index (χ3v) is 2.43. The Morgan fingerprint density at radius 3 is 2.73 bits per heavy atom. The normalized spacial score (nSPS) is 22.6. The molecule has 1 saturated heterocycles. The van der Waals surface area contributed by atoms with E-state index in [2.05, 4.69) is 10.1 Å². The molecule has 1 aliphatic heterocycles. The second kappa shape index (κ2) is 5.67. The van der Waals surface area contributed by atoms with Gasteiger partial charge in [0.05, 0.1) is 6.61 Å². The molecule has 1 aliphatic rings. The molecular weight excluding hydrogens is 209 g/mol. The van der Waals surface area contributed by atoms with Crippen molar-refractivity contribution in [3.63, 3.8) is 0 Å². The van der Waals surface area contributed by atoms with Crippen molar-refractivity contribution in [3.8, 4) is 0 Å². The van der Waals surface area contributed by atoms with Crippen molar-refractivity contribution in [1.29, 1.82) is 0 Å². The second-order valence-electron chi connectivity index (χ2n) is 3.85. The number of alkyl halides is 3. The fourth-order valence-electron chi connectivity index (χ4n) is 1.70. The Morgan fingerprint density at radius 2 is 2.20 bits per heavy atom. The smallest absolute Gasteiger partial charge is 0.313 e. The van der Waals surface area contributed by atoms with Crippen LogP contribution in [0.15, 0.2) is 0 Å². The van der Waals surface area contributed by atoms with Gasteiger partial charge in [0.2, 0.25) is 0 Å². The van der Waals surface area contributed by atoms with Crippen molar-refractivity contribution in [2.75, 3.05) is 33.3 Å². The van der Waals surface area contributed by atoms with Crippen LogP contribution in [0.25, 0.3) is 0 Å². The van der Waals surface area contributed by atoms with Gasteiger partial charge in [0.25, 0.3) is 0 Å². The minimum atomic E-state index is -4.51. The van der Waals surface area contributed by atoms with Gasteiger partial charge in [0.15, 0.2) is 0 Å². The average Bonchev–Trinajstić information content (AvgIpc) is 2.54. The molecule has 0 aromatic heterocycles. The lowest BCUT2D eigenvalue weighted by Crippen LogP contribution is -2.37. The maximum Gasteiger partial charge on any atom is 0.522 e. The molecule has 0 aromatic carbocycles. The molecule has 0 bridgehead atoms. The molecule has 0 spiro atoms. The first-order valence-electron chi connectivity index (χ1n) is 5.10. The van der Waals surface area contributed by atoms with Crippen LogP contribution in [0.1, 0.15) is 12.8 Å². The molecule has 1 fully saturated rings. The summed E-state index contributed by atoms with van der Waals surface area (Å²) in [4.78, 5) is 1.86. The lowest BCUT2D eigenvalue weighted by atomic mass is 10.2. The van der Waals surface area contributed by atoms with E-state index in [0.717, 1.165) is 25.9 Å². The topological polar surface area (TPSA) is 24.5 Å². The van der Waals surface area contributed by atoms with E-state index in [0.29, 0.717) is 12.6 Å². The van der Waals surface area contributed by atoms with Gasteiger partial charge in [-0.15, -0.1) is 13.2 Å². The summed E-state index contributed by atoms with van der Waals surface area (Å²) in [5, 5.41) is 3.29. The zero-order chi connectivity index (χ0) is 11.3. The van der Waals surface area contributed by atoms with Crippen LogP contribution in [0.4, 0.5) is 13.2 Å². The molecule has 1 unspecified atom stereocenters. The first-order chi connectivity index (χ1) is 6.97. The van der Waals surface area contributed by atoms with E-state index in [1.165, 1.54) is 0 Å². The zero-order valence-corrected chi connectivity index (χ0v) is 8.81. The van der Waals surface area contributed by atoms with E-state index in [4.69, 9.17) is 0 Å². The maximum absolute atomic E-state index is 11.7. The molecule has 0 saturated carbocycles. The number of nitrogens with one attached hydrogen (secondary N) is 1. The van der Waals surface area contributed by atoms with Crippen molar-refractivity contribution in [2.24, 2.45) is 0 Å². The Labute approximate surface area is 87.6 Å². The summed E-state index contributed by atoms with van der Waals surface area (Å²) in [6.45, 7) is 1.79. The molecule has 1 N–H and O–H groups in total. The summed E-state index contributed by atoms with van der Waals surface area (Å²) in [5.41, 5.74) is 0. The molecule has 3 nitrogen and oxygen atoms in total. The average molecular weight is 226 g/mol. The van der Waals surface area contributed by atoms with Crippen molar-refractivity contribution in [2.45, 2.75) is 25.2 Å². The van der Waals surface area contributed by atoms with Crippen LogP contribution in [0.5, 0.6) is 0 Å². The van der Waals surface area contributed by atoms with E-state index in [1.807, 2.05) is 4.90 Å². The molecule has 6 heteroatoms. The standard InChI is InChI=1S/C9H17F3N2O/c1-14(5-6-15-9(10,11)12)7-8-3-2-4-13-8/h8,13H,2-7H2,1H3. The minimum Gasteiger partial charge on any atom is -0.313 e. The first-order valence-corrected chi connectivity index (χ1v) is 5.10. The van der Waals surface area contributed by atoms with Gasteiger partial charge in [-0.25, -0.2) is 0 Å². The van der Waals surface area contributed by atoms with Crippen LogP contribution in [-0.2, 0) is 4.74 Å². The van der Waals surface area contributed by atoms with Crippen LogP contribution in [0.3, 0.4) is 0 Å². The lowest BCUT2D eigenvalue weighted by Gasteiger charge is -2.21. The second-order valence-corrected chi connectivity index (χ2v) is 3.85. The number of likely N-dealkylation sites (N-methyl/N-ethyl adjacent to an activating group) is 1. The largest absolute Gasteiger partial charge is 0.522 e. The fraction of sp³-hybridized carbons (Fsp3) is 1.00. The summed E-state index contributed by atoms with van der Waals surface area (Å²) < 4.78 is 38.7. The Hall–Kier alpha value is -0.330. The van der Waals surface area contributed by atoms with Crippen LogP contribution in [-0.4, -0.2) is 50.6 Å². The molecule has 0 amide bonds. The molecule has 90 valence electrons. The molecule has 0 radical (unpaired) electrons. The Morgan fingerprint density at radius 1 is 1.47 bits per heavy atom. The van der Waals surface area contributed by atoms with Gasteiger partial charge in [0.1, 0.15) is 0 Å². The van der Waals surface area contributed by atoms with Gasteiger partial charge in [-0.3, -0.25) is 4.74 Å². The summed E-state index contributed by atoms with van der Waals surface area (Å²) >= 11 is 0. The third-order valence-electron chi connectivity index (χ3n) is 2.43. The lowest BCUT2D eigenvalue weighted by molar-refractivity contribution is -0.324. The van der Waals surface area contributed by atoms with Gasteiger partial charge in [-0.05, 0) is 26.4 Å². The molecule has 0 aromatic rings. The Balaban J connectivity index is 2.05. The predicted octanol–water partition coefficient (Wildman–Crippen LogP) is 1.21. The quantitative estimate of drug-likeness (QED) is 0.762. The molecule has 1 rings (SSSR count). The number of nitrogens with zero attached hydrogens (tertiary/aromatic N) is 1. The van der Waals surface area contributed by atoms with Crippen molar-refractivity contribution < 1.29 is 17.9 Å². The number of rotatable bonds is 5. The monoisotopic (exact) mass is 226 g/mol. The highest BCUT2D eigenvalue weighted by Gasteiger charge is 2.28. The molecule has 0 aliphatic carbocycles. The van der Waals surface area contributed by atoms with Crippen LogP contribution in [0.2, 0.25) is 0 Å². The van der Waals surface area contributed by atoms with E-state index < -0.39 is 6.36 Å². The van der Waals surface area contributed by atoms with Crippen molar-refractivity contribution >= 4 is 0 Å². The Bertz CT molecular complexity index is 181. The SMILES string of the molecule is CN(CCOC(F)(F)F)CC1CCCN1. The maximum atomic E-state index is 11.7. The zero-order valence-electron chi connectivity index (χ0n) is 8.81. The Kier molecular flexibility index (Phi) is 4.82. The summed E-state index contributed by atoms with van der Waals surface area (Å²) in [6.07, 6.45) is -2.26. The fourth-order valence-corrected chi connectivity index (χ4v) is 1.70. The molecule has 1 atom stereocenters. The summed E-state index contributed by atoms with van der Waals surface area (Å²) in [7, 11) is 1.81. The highest BCUT2D eigenvalue weighted by molar-refractivity contribution is 4.76. The molecular formula is C9H17F3N2O. The van der Waals surface area contributed by atoms with E-state index in [-0.39, 0.29) is 6.61 Å². The third kappa shape index (κ3) is 5.96. The van der Waals surface area contributed by atoms with Crippen LogP contribution in [0, 0.1) is 0 Å². The van der Waals surface area contributed by atoms with Crippen LogP contribution >= 0.6 is 0 Å². The summed E-state index contributed by atoms with van der Waals surface area (Å²) in [5.74, 6) is 0. The van der Waals surface area contributed by atoms with Gasteiger partial charge >= 0.3 is 6.36 Å². The predicted molar refractivity (Wildman–Crippen MR) is 50.5 cm³/mol. The van der Waals surface area contributed by atoms with E-state index >= 15 is 0 Å². The first kappa shape index (κ1) is 12.7. The highest BCUT2D eigenvalue weighted by Crippen LogP contribution is 2.15. The van der Waals surface area contributed by atoms with Gasteiger partial charge in [-0.2, -0.15) is 0 Å². The number of hydrogen-bond acceptors (Lipinski definition) is 3. The van der Waals surface area contributed by atoms with E-state index in [9.17, 15) is 13.2 Å². The van der Waals surface area contributed by atoms with Crippen LogP contribution < -0.4 is 5.32 Å². The van der Waals surface area contributed by atoms with E-state index in [1.54, 1.807) is 7.05 Å². The summed E-state index contributed by atoms with van der Waals surface area (Å²) in [6, 6.07) is 0.417. The molecule has 15 heavy (non-hydrogen) atoms. The molecule has 1 heterocycles. The van der Waals surface area contributed by atoms with Crippen molar-refractivity contribution in [3.05, 3.63) is 0 Å². The number of ether oxygens (including phenoxy) is 1. The van der Waals surface area contributed by atoms with Gasteiger partial charge < -0.3 is 10.2 Å². The minimum absolute atomic E-state index is 0.299. The number of halogens is 3. The highest BCUT2D eigenvalue weighted by atomic mass is 19.4. The number of hydrogen-bond donors (Lipinski definition) is 1. The van der Waals surface area contributed by atoms with Gasteiger partial charge in [-0.1, -0.05) is 0 Å². The van der Waals surface area contributed by atoms with Gasteiger partial charge in [0, 0.05) is 19.1 Å². The van der Waals surface area contributed by atoms with Crippen molar-refractivity contribution in [1.82, 2.24) is 10.2 Å².